The highest BCUT2D eigenvalue weighted by atomic mass is 19.2. The van der Waals surface area contributed by atoms with E-state index in [9.17, 15) is 26.7 Å². The van der Waals surface area contributed by atoms with Crippen molar-refractivity contribution in [2.24, 2.45) is 0 Å². The average Bonchev–Trinajstić information content (AvgIpc) is 2.52. The van der Waals surface area contributed by atoms with E-state index in [4.69, 9.17) is 0 Å². The summed E-state index contributed by atoms with van der Waals surface area (Å²) in [5, 5.41) is 2.13. The quantitative estimate of drug-likeness (QED) is 0.524. The van der Waals surface area contributed by atoms with Crippen LogP contribution in [0.5, 0.6) is 0 Å². The normalized spacial score (nSPS) is 10.6. The zero-order valence-electron chi connectivity index (χ0n) is 11.1. The Morgan fingerprint density at radius 2 is 1.32 bits per heavy atom. The molecular formula is C15H10F5NO. The number of halogens is 5. The van der Waals surface area contributed by atoms with Gasteiger partial charge >= 0.3 is 0 Å². The molecule has 116 valence electrons. The summed E-state index contributed by atoms with van der Waals surface area (Å²) in [5.74, 6) is -10.8. The fraction of sp³-hybridized carbons (Fsp3) is 0.133. The van der Waals surface area contributed by atoms with Crippen LogP contribution in [0.15, 0.2) is 30.3 Å². The number of carbonyl (C=O) groups excluding carboxylic acids is 1. The van der Waals surface area contributed by atoms with Crippen molar-refractivity contribution in [3.05, 3.63) is 70.5 Å². The maximum absolute atomic E-state index is 13.4. The first-order valence-electron chi connectivity index (χ1n) is 6.22. The monoisotopic (exact) mass is 315 g/mol. The molecule has 0 aliphatic carbocycles. The second-order valence-corrected chi connectivity index (χ2v) is 4.49. The lowest BCUT2D eigenvalue weighted by atomic mass is 10.1. The second kappa shape index (κ2) is 6.55. The summed E-state index contributed by atoms with van der Waals surface area (Å²) in [4.78, 5) is 11.6. The number of amides is 1. The van der Waals surface area contributed by atoms with Crippen LogP contribution in [0.1, 0.15) is 11.1 Å². The molecule has 2 aromatic rings. The lowest BCUT2D eigenvalue weighted by molar-refractivity contribution is -0.120. The van der Waals surface area contributed by atoms with E-state index in [1.165, 1.54) is 0 Å². The molecule has 0 aliphatic heterocycles. The number of hydrogen-bond donors (Lipinski definition) is 1. The molecule has 0 atom stereocenters. The number of nitrogens with one attached hydrogen (secondary N) is 1. The Kier molecular flexibility index (Phi) is 4.75. The summed E-state index contributed by atoms with van der Waals surface area (Å²) in [7, 11) is 0. The Morgan fingerprint density at radius 3 is 1.86 bits per heavy atom. The van der Waals surface area contributed by atoms with Gasteiger partial charge in [-0.2, -0.15) is 0 Å². The highest BCUT2D eigenvalue weighted by molar-refractivity contribution is 5.78. The molecule has 7 heteroatoms. The summed E-state index contributed by atoms with van der Waals surface area (Å²) in [6.45, 7) is -0.794. The van der Waals surface area contributed by atoms with Crippen molar-refractivity contribution < 1.29 is 26.7 Å². The smallest absolute Gasteiger partial charge is 0.224 e. The minimum Gasteiger partial charge on any atom is -0.352 e. The topological polar surface area (TPSA) is 29.1 Å². The van der Waals surface area contributed by atoms with Gasteiger partial charge in [-0.15, -0.1) is 0 Å². The summed E-state index contributed by atoms with van der Waals surface area (Å²) in [6, 6.07) is 8.48. The van der Waals surface area contributed by atoms with Crippen molar-refractivity contribution in [1.29, 1.82) is 0 Å². The molecule has 0 aliphatic rings. The van der Waals surface area contributed by atoms with Crippen LogP contribution in [0, 0.1) is 29.1 Å². The molecule has 0 saturated carbocycles. The van der Waals surface area contributed by atoms with Gasteiger partial charge in [0.05, 0.1) is 6.42 Å². The minimum absolute atomic E-state index is 0.0732. The molecule has 2 aromatic carbocycles. The van der Waals surface area contributed by atoms with Gasteiger partial charge in [0.2, 0.25) is 11.7 Å². The van der Waals surface area contributed by atoms with E-state index in [1.54, 1.807) is 30.3 Å². The molecule has 0 bridgehead atoms. The molecule has 0 heterocycles. The van der Waals surface area contributed by atoms with Crippen LogP contribution in [0.25, 0.3) is 0 Å². The SMILES string of the molecule is O=C(Cc1ccccc1)NCc1c(F)c(F)c(F)c(F)c1F. The highest BCUT2D eigenvalue weighted by Gasteiger charge is 2.25. The van der Waals surface area contributed by atoms with E-state index in [1.807, 2.05) is 0 Å². The van der Waals surface area contributed by atoms with Crippen molar-refractivity contribution in [1.82, 2.24) is 5.32 Å². The standard InChI is InChI=1S/C15H10F5NO/c16-11-9(12(17)14(19)15(20)13(11)18)7-21-10(22)6-8-4-2-1-3-5-8/h1-5H,6-7H2,(H,21,22). The Labute approximate surface area is 122 Å². The fourth-order valence-electron chi connectivity index (χ4n) is 1.84. The predicted molar refractivity (Wildman–Crippen MR) is 68.2 cm³/mol. The molecule has 22 heavy (non-hydrogen) atoms. The zero-order chi connectivity index (χ0) is 16.3. The largest absolute Gasteiger partial charge is 0.352 e. The van der Waals surface area contributed by atoms with Gasteiger partial charge in [0.15, 0.2) is 23.3 Å². The second-order valence-electron chi connectivity index (χ2n) is 4.49. The van der Waals surface area contributed by atoms with Crippen molar-refractivity contribution in [3.8, 4) is 0 Å². The van der Waals surface area contributed by atoms with Crippen LogP contribution in [-0.2, 0) is 17.8 Å². The van der Waals surface area contributed by atoms with E-state index in [-0.39, 0.29) is 6.42 Å². The van der Waals surface area contributed by atoms with E-state index in [0.29, 0.717) is 5.56 Å². The van der Waals surface area contributed by atoms with Crippen LogP contribution in [-0.4, -0.2) is 5.91 Å². The molecule has 0 saturated heterocycles. The fourth-order valence-corrected chi connectivity index (χ4v) is 1.84. The van der Waals surface area contributed by atoms with Crippen LogP contribution < -0.4 is 5.32 Å². The van der Waals surface area contributed by atoms with Gasteiger partial charge in [0.1, 0.15) is 0 Å². The van der Waals surface area contributed by atoms with Gasteiger partial charge < -0.3 is 5.32 Å². The Morgan fingerprint density at radius 1 is 0.818 bits per heavy atom. The van der Waals surface area contributed by atoms with Crippen LogP contribution in [0.3, 0.4) is 0 Å². The molecule has 1 N–H and O–H groups in total. The maximum Gasteiger partial charge on any atom is 0.224 e. The van der Waals surface area contributed by atoms with E-state index in [2.05, 4.69) is 5.32 Å². The molecule has 0 spiro atoms. The first-order valence-corrected chi connectivity index (χ1v) is 6.22. The maximum atomic E-state index is 13.4. The zero-order valence-corrected chi connectivity index (χ0v) is 11.1. The molecule has 2 rings (SSSR count). The molecule has 0 fully saturated rings. The van der Waals surface area contributed by atoms with Gasteiger partial charge in [-0.3, -0.25) is 4.79 Å². The first kappa shape index (κ1) is 15.9. The van der Waals surface area contributed by atoms with Crippen molar-refractivity contribution >= 4 is 5.91 Å². The van der Waals surface area contributed by atoms with Crippen LogP contribution >= 0.6 is 0 Å². The lowest BCUT2D eigenvalue weighted by Crippen LogP contribution is -2.26. The minimum atomic E-state index is -2.23. The number of rotatable bonds is 4. The third-order valence-corrected chi connectivity index (χ3v) is 2.97. The molecular weight excluding hydrogens is 305 g/mol. The highest BCUT2D eigenvalue weighted by Crippen LogP contribution is 2.22. The predicted octanol–water partition coefficient (Wildman–Crippen LogP) is 3.24. The molecule has 1 amide bonds. The summed E-state index contributed by atoms with van der Waals surface area (Å²) in [5.41, 5.74) is -0.421. The third kappa shape index (κ3) is 3.24. The van der Waals surface area contributed by atoms with Crippen molar-refractivity contribution in [2.75, 3.05) is 0 Å². The van der Waals surface area contributed by atoms with E-state index >= 15 is 0 Å². The summed E-state index contributed by atoms with van der Waals surface area (Å²) >= 11 is 0. The molecule has 0 radical (unpaired) electrons. The molecule has 2 nitrogen and oxygen atoms in total. The Bertz CT molecular complexity index is 674. The first-order chi connectivity index (χ1) is 10.4. The van der Waals surface area contributed by atoms with Crippen molar-refractivity contribution in [3.63, 3.8) is 0 Å². The average molecular weight is 315 g/mol. The van der Waals surface area contributed by atoms with E-state index < -0.39 is 47.1 Å². The van der Waals surface area contributed by atoms with E-state index in [0.717, 1.165) is 0 Å². The summed E-state index contributed by atoms with van der Waals surface area (Å²) < 4.78 is 65.7. The third-order valence-electron chi connectivity index (χ3n) is 2.97. The van der Waals surface area contributed by atoms with Gasteiger partial charge in [-0.25, -0.2) is 22.0 Å². The number of carbonyl (C=O) groups is 1. The van der Waals surface area contributed by atoms with Crippen molar-refractivity contribution in [2.45, 2.75) is 13.0 Å². The Hall–Kier alpha value is -2.44. The van der Waals surface area contributed by atoms with Gasteiger partial charge in [0, 0.05) is 12.1 Å². The van der Waals surface area contributed by atoms with Gasteiger partial charge in [-0.1, -0.05) is 30.3 Å². The van der Waals surface area contributed by atoms with Crippen LogP contribution in [0.4, 0.5) is 22.0 Å². The lowest BCUT2D eigenvalue weighted by Gasteiger charge is -2.09. The molecule has 0 aromatic heterocycles. The number of hydrogen-bond acceptors (Lipinski definition) is 1. The Balaban J connectivity index is 2.10. The van der Waals surface area contributed by atoms with Gasteiger partial charge in [-0.05, 0) is 5.56 Å². The number of benzene rings is 2. The molecule has 0 unspecified atom stereocenters. The summed E-state index contributed by atoms with van der Waals surface area (Å²) in [6.07, 6.45) is -0.0732. The van der Waals surface area contributed by atoms with Gasteiger partial charge in [0.25, 0.3) is 0 Å². The van der Waals surface area contributed by atoms with Crippen LogP contribution in [0.2, 0.25) is 0 Å².